The number of aromatic nitrogens is 3. The van der Waals surface area contributed by atoms with Crippen molar-refractivity contribution >= 4 is 0 Å². The summed E-state index contributed by atoms with van der Waals surface area (Å²) in [5.74, 6) is 0.246. The summed E-state index contributed by atoms with van der Waals surface area (Å²) in [6, 6.07) is 5.66. The van der Waals surface area contributed by atoms with Crippen molar-refractivity contribution in [1.82, 2.24) is 25.0 Å². The molecule has 1 aromatic carbocycles. The molecule has 0 unspecified atom stereocenters. The Morgan fingerprint density at radius 2 is 2.11 bits per heavy atom. The van der Waals surface area contributed by atoms with Gasteiger partial charge in [-0.1, -0.05) is 6.07 Å². The number of nitrogens with zero attached hydrogens (tertiary/aromatic N) is 4. The van der Waals surface area contributed by atoms with E-state index in [0.717, 1.165) is 58.0 Å². The van der Waals surface area contributed by atoms with Gasteiger partial charge in [0, 0.05) is 44.7 Å². The maximum atomic E-state index is 14.4. The van der Waals surface area contributed by atoms with Crippen molar-refractivity contribution in [2.45, 2.75) is 19.0 Å². The van der Waals surface area contributed by atoms with Gasteiger partial charge in [-0.25, -0.2) is 14.1 Å². The molecule has 0 radical (unpaired) electrons. The van der Waals surface area contributed by atoms with Crippen molar-refractivity contribution in [2.24, 2.45) is 5.92 Å². The zero-order valence-corrected chi connectivity index (χ0v) is 15.4. The molecule has 0 aliphatic carbocycles. The first-order valence-corrected chi connectivity index (χ1v) is 9.55. The molecule has 7 nitrogen and oxygen atoms in total. The van der Waals surface area contributed by atoms with Gasteiger partial charge in [0.2, 0.25) is 0 Å². The van der Waals surface area contributed by atoms with Gasteiger partial charge in [-0.3, -0.25) is 4.90 Å². The Morgan fingerprint density at radius 3 is 2.81 bits per heavy atom. The van der Waals surface area contributed by atoms with E-state index in [9.17, 15) is 4.39 Å². The minimum Gasteiger partial charge on any atom is -0.381 e. The Kier molecular flexibility index (Phi) is 6.08. The van der Waals surface area contributed by atoms with Crippen molar-refractivity contribution in [2.75, 3.05) is 46.1 Å². The number of rotatable bonds is 7. The normalized spacial score (nSPS) is 22.2. The Balaban J connectivity index is 1.36. The van der Waals surface area contributed by atoms with Crippen molar-refractivity contribution in [3.8, 4) is 5.69 Å². The van der Waals surface area contributed by atoms with Crippen molar-refractivity contribution in [3.63, 3.8) is 0 Å². The van der Waals surface area contributed by atoms with Crippen LogP contribution >= 0.6 is 0 Å². The van der Waals surface area contributed by atoms with E-state index in [1.165, 1.54) is 17.3 Å². The highest BCUT2D eigenvalue weighted by Crippen LogP contribution is 2.22. The molecule has 2 saturated heterocycles. The fourth-order valence-corrected chi connectivity index (χ4v) is 3.90. The molecule has 8 heteroatoms. The highest BCUT2D eigenvalue weighted by atomic mass is 19.1. The zero-order chi connectivity index (χ0) is 18.5. The standard InChI is InChI=1S/C19H26FN5O2/c20-17-9-15(1-2-18(17)25-14-22-13-23-25)10-21-11-19(16-3-6-27-12-16)24-4-7-26-8-5-24/h1-2,9,13-14,16,19,21H,3-8,10-12H2/t16-,19-/m0/s1. The van der Waals surface area contributed by atoms with Gasteiger partial charge in [0.25, 0.3) is 0 Å². The fraction of sp³-hybridized carbons (Fsp3) is 0.579. The Labute approximate surface area is 158 Å². The van der Waals surface area contributed by atoms with Crippen LogP contribution < -0.4 is 5.32 Å². The van der Waals surface area contributed by atoms with Gasteiger partial charge >= 0.3 is 0 Å². The van der Waals surface area contributed by atoms with Gasteiger partial charge < -0.3 is 14.8 Å². The Bertz CT molecular complexity index is 715. The molecule has 2 fully saturated rings. The largest absolute Gasteiger partial charge is 0.381 e. The quantitative estimate of drug-likeness (QED) is 0.786. The summed E-state index contributed by atoms with van der Waals surface area (Å²) in [4.78, 5) is 6.37. The molecule has 3 heterocycles. The summed E-state index contributed by atoms with van der Waals surface area (Å²) in [5, 5.41) is 7.50. The molecule has 2 aromatic rings. The second kappa shape index (κ2) is 8.88. The summed E-state index contributed by atoms with van der Waals surface area (Å²) in [6.07, 6.45) is 3.99. The van der Waals surface area contributed by atoms with Crippen molar-refractivity contribution < 1.29 is 13.9 Å². The van der Waals surface area contributed by atoms with Crippen LogP contribution in [0.4, 0.5) is 4.39 Å². The molecule has 0 saturated carbocycles. The molecule has 2 aliphatic heterocycles. The van der Waals surface area contributed by atoms with Crippen LogP contribution in [0.1, 0.15) is 12.0 Å². The number of halogens is 1. The SMILES string of the molecule is Fc1cc(CNC[C@@H]([C@H]2CCOC2)N2CCOCC2)ccc1-n1cncn1. The van der Waals surface area contributed by atoms with E-state index in [2.05, 4.69) is 20.3 Å². The number of benzene rings is 1. The third-order valence-electron chi connectivity index (χ3n) is 5.38. The molecule has 2 atom stereocenters. The van der Waals surface area contributed by atoms with Crippen LogP contribution in [0.15, 0.2) is 30.9 Å². The summed E-state index contributed by atoms with van der Waals surface area (Å²) in [6.45, 7) is 6.67. The number of morpholine rings is 1. The predicted molar refractivity (Wildman–Crippen MR) is 98.1 cm³/mol. The third-order valence-corrected chi connectivity index (χ3v) is 5.38. The molecule has 0 bridgehead atoms. The van der Waals surface area contributed by atoms with Crippen molar-refractivity contribution in [1.29, 1.82) is 0 Å². The van der Waals surface area contributed by atoms with Gasteiger partial charge in [-0.15, -0.1) is 0 Å². The van der Waals surface area contributed by atoms with Crippen LogP contribution in [0.5, 0.6) is 0 Å². The summed E-state index contributed by atoms with van der Waals surface area (Å²) in [5.41, 5.74) is 1.32. The lowest BCUT2D eigenvalue weighted by Gasteiger charge is -2.37. The average molecular weight is 375 g/mol. The van der Waals surface area contributed by atoms with E-state index in [-0.39, 0.29) is 5.82 Å². The lowest BCUT2D eigenvalue weighted by atomic mass is 9.96. The Morgan fingerprint density at radius 1 is 1.22 bits per heavy atom. The lowest BCUT2D eigenvalue weighted by molar-refractivity contribution is 0.00137. The maximum Gasteiger partial charge on any atom is 0.149 e. The van der Waals surface area contributed by atoms with E-state index in [0.29, 0.717) is 24.2 Å². The number of hydrogen-bond donors (Lipinski definition) is 1. The molecule has 4 rings (SSSR count). The summed E-state index contributed by atoms with van der Waals surface area (Å²) >= 11 is 0. The molecule has 2 aliphatic rings. The first-order chi connectivity index (χ1) is 13.3. The number of hydrogen-bond acceptors (Lipinski definition) is 6. The lowest BCUT2D eigenvalue weighted by Crippen LogP contribution is -2.51. The second-order valence-corrected chi connectivity index (χ2v) is 7.10. The van der Waals surface area contributed by atoms with E-state index in [1.54, 1.807) is 12.1 Å². The smallest absolute Gasteiger partial charge is 0.149 e. The van der Waals surface area contributed by atoms with Gasteiger partial charge in [0.05, 0.1) is 19.8 Å². The maximum absolute atomic E-state index is 14.4. The minimum atomic E-state index is -0.297. The van der Waals surface area contributed by atoms with E-state index < -0.39 is 0 Å². The van der Waals surface area contributed by atoms with Gasteiger partial charge in [-0.05, 0) is 24.1 Å². The fourth-order valence-electron chi connectivity index (χ4n) is 3.90. The number of nitrogens with one attached hydrogen (secondary N) is 1. The molecule has 27 heavy (non-hydrogen) atoms. The monoisotopic (exact) mass is 375 g/mol. The summed E-state index contributed by atoms with van der Waals surface area (Å²) < 4.78 is 26.9. The van der Waals surface area contributed by atoms with Crippen LogP contribution in [0.25, 0.3) is 5.69 Å². The second-order valence-electron chi connectivity index (χ2n) is 7.10. The topological polar surface area (TPSA) is 64.4 Å². The molecule has 0 spiro atoms. The number of ether oxygens (including phenoxy) is 2. The first-order valence-electron chi connectivity index (χ1n) is 9.55. The van der Waals surface area contributed by atoms with E-state index in [1.807, 2.05) is 6.07 Å². The molecule has 146 valence electrons. The molecule has 1 N–H and O–H groups in total. The van der Waals surface area contributed by atoms with Crippen LogP contribution in [-0.4, -0.2) is 71.8 Å². The average Bonchev–Trinajstić information content (AvgIpc) is 3.40. The summed E-state index contributed by atoms with van der Waals surface area (Å²) in [7, 11) is 0. The van der Waals surface area contributed by atoms with Crippen LogP contribution in [0.3, 0.4) is 0 Å². The molecular weight excluding hydrogens is 349 g/mol. The highest BCUT2D eigenvalue weighted by molar-refractivity contribution is 5.35. The van der Waals surface area contributed by atoms with Gasteiger partial charge in [0.15, 0.2) is 0 Å². The zero-order valence-electron chi connectivity index (χ0n) is 15.4. The third kappa shape index (κ3) is 4.52. The molecule has 0 amide bonds. The van der Waals surface area contributed by atoms with E-state index >= 15 is 0 Å². The molecule has 1 aromatic heterocycles. The Hall–Kier alpha value is -1.87. The first kappa shape index (κ1) is 18.5. The van der Waals surface area contributed by atoms with Crippen molar-refractivity contribution in [3.05, 3.63) is 42.2 Å². The highest BCUT2D eigenvalue weighted by Gasteiger charge is 2.31. The van der Waals surface area contributed by atoms with Gasteiger partial charge in [-0.2, -0.15) is 5.10 Å². The van der Waals surface area contributed by atoms with Crippen LogP contribution in [0, 0.1) is 11.7 Å². The van der Waals surface area contributed by atoms with Gasteiger partial charge in [0.1, 0.15) is 24.2 Å². The van der Waals surface area contributed by atoms with Crippen LogP contribution in [0.2, 0.25) is 0 Å². The minimum absolute atomic E-state index is 0.297. The molecular formula is C19H26FN5O2. The van der Waals surface area contributed by atoms with Crippen LogP contribution in [-0.2, 0) is 16.0 Å². The van der Waals surface area contributed by atoms with E-state index in [4.69, 9.17) is 9.47 Å². The predicted octanol–water partition coefficient (Wildman–Crippen LogP) is 1.23.